The number of benzene rings is 3. The van der Waals surface area contributed by atoms with Gasteiger partial charge in [-0.2, -0.15) is 0 Å². The molecule has 0 radical (unpaired) electrons. The van der Waals surface area contributed by atoms with Crippen molar-refractivity contribution < 1.29 is 71.3 Å². The lowest BCUT2D eigenvalue weighted by atomic mass is 10.0. The van der Waals surface area contributed by atoms with Crippen LogP contribution in [-0.2, 0) is 104 Å². The highest BCUT2D eigenvalue weighted by molar-refractivity contribution is 5.88. The summed E-state index contributed by atoms with van der Waals surface area (Å²) in [5.74, 6) is -2.54. The third-order valence-electron chi connectivity index (χ3n) is 9.18. The Morgan fingerprint density at radius 2 is 0.565 bits per heavy atom. The fourth-order valence-electron chi connectivity index (χ4n) is 5.80. The van der Waals surface area contributed by atoms with Crippen LogP contribution in [-0.4, -0.2) is 95.9 Å². The molecule has 0 heterocycles. The van der Waals surface area contributed by atoms with Gasteiger partial charge in [0.05, 0.1) is 66.1 Å². The Morgan fingerprint density at radius 3 is 0.797 bits per heavy atom. The van der Waals surface area contributed by atoms with Crippen molar-refractivity contribution in [1.29, 1.82) is 0 Å². The van der Waals surface area contributed by atoms with Crippen LogP contribution in [0, 0.1) is 0 Å². The molecule has 0 N–H and O–H groups in total. The summed E-state index contributed by atoms with van der Waals surface area (Å²) < 4.78 is 55.7. The molecular formula is C53H65NO15. The SMILES string of the molecule is C=C(C)C(=O)OCCOCc1ccc(N(c2cc(COCCOC(=O)C(=C)C)cc(COCCOC(=O)C(=C)C)c2)c2cc(COCCOC(=O)C(=C)C)cc(COCCOC(=O)C(=C)C)c2)cc1. The van der Waals surface area contributed by atoms with Gasteiger partial charge in [-0.3, -0.25) is 0 Å². The molecule has 0 aromatic heterocycles. The van der Waals surface area contributed by atoms with Crippen LogP contribution in [0.15, 0.2) is 121 Å². The van der Waals surface area contributed by atoms with E-state index in [0.29, 0.717) is 16.9 Å². The van der Waals surface area contributed by atoms with E-state index in [2.05, 4.69) is 32.9 Å². The number of ether oxygens (including phenoxy) is 10. The molecule has 16 heteroatoms. The molecule has 3 aromatic rings. The maximum absolute atomic E-state index is 12.0. The van der Waals surface area contributed by atoms with Crippen molar-refractivity contribution in [3.63, 3.8) is 0 Å². The molecule has 3 rings (SSSR count). The first kappa shape index (κ1) is 56.6. The predicted molar refractivity (Wildman–Crippen MR) is 258 cm³/mol. The smallest absolute Gasteiger partial charge is 0.333 e. The van der Waals surface area contributed by atoms with Gasteiger partial charge in [0.1, 0.15) is 33.0 Å². The second-order valence-corrected chi connectivity index (χ2v) is 15.9. The zero-order valence-corrected chi connectivity index (χ0v) is 40.5. The monoisotopic (exact) mass is 955 g/mol. The summed E-state index contributed by atoms with van der Waals surface area (Å²) in [6, 6.07) is 19.5. The summed E-state index contributed by atoms with van der Waals surface area (Å²) in [5.41, 5.74) is 7.53. The molecule has 0 bridgehead atoms. The van der Waals surface area contributed by atoms with E-state index in [-0.39, 0.29) is 121 Å². The Morgan fingerprint density at radius 1 is 0.333 bits per heavy atom. The molecule has 0 aliphatic carbocycles. The van der Waals surface area contributed by atoms with E-state index in [4.69, 9.17) is 47.4 Å². The van der Waals surface area contributed by atoms with Crippen LogP contribution in [0.25, 0.3) is 0 Å². The molecule has 69 heavy (non-hydrogen) atoms. The molecule has 0 saturated heterocycles. The van der Waals surface area contributed by atoms with Crippen LogP contribution in [0.4, 0.5) is 17.1 Å². The van der Waals surface area contributed by atoms with E-state index < -0.39 is 29.8 Å². The standard InChI is InChI=1S/C53H65NO15/c1-36(2)49(55)65-20-15-60-31-41-11-13-46(14-12-41)54(47-27-42(32-61-16-21-66-50(56)37(3)4)25-43(28-47)33-62-17-22-67-51(57)38(5)6)48-29-44(34-63-18-23-68-52(58)39(7)8)26-45(30-48)35-64-19-24-69-53(59)40(9)10/h11-14,25-30H,1,3,5,7,9,15-24,31-35H2,2,4,6,8,10H3. The number of hydrogen-bond donors (Lipinski definition) is 0. The Labute approximate surface area is 405 Å². The van der Waals surface area contributed by atoms with Gasteiger partial charge in [0.15, 0.2) is 0 Å². The number of nitrogens with zero attached hydrogens (tertiary/aromatic N) is 1. The first-order chi connectivity index (χ1) is 32.9. The van der Waals surface area contributed by atoms with Gasteiger partial charge in [0.25, 0.3) is 0 Å². The molecule has 0 unspecified atom stereocenters. The van der Waals surface area contributed by atoms with Crippen LogP contribution < -0.4 is 4.90 Å². The van der Waals surface area contributed by atoms with Crippen LogP contribution >= 0.6 is 0 Å². The van der Waals surface area contributed by atoms with Crippen molar-refractivity contribution in [2.45, 2.75) is 67.7 Å². The number of anilines is 3. The Hall–Kier alpha value is -6.69. The molecular weight excluding hydrogens is 891 g/mol. The van der Waals surface area contributed by atoms with Gasteiger partial charge in [-0.05, 0) is 98.8 Å². The van der Waals surface area contributed by atoms with Gasteiger partial charge >= 0.3 is 29.8 Å². The molecule has 0 fully saturated rings. The fraction of sp³-hybridized carbons (Fsp3) is 0.377. The van der Waals surface area contributed by atoms with Gasteiger partial charge in [-0.1, -0.05) is 57.2 Å². The van der Waals surface area contributed by atoms with Crippen molar-refractivity contribution >= 4 is 46.9 Å². The minimum atomic E-state index is -0.513. The fourth-order valence-corrected chi connectivity index (χ4v) is 5.80. The lowest BCUT2D eigenvalue weighted by molar-refractivity contribution is -0.141. The highest BCUT2D eigenvalue weighted by Gasteiger charge is 2.18. The Bertz CT molecular complexity index is 2050. The van der Waals surface area contributed by atoms with Crippen LogP contribution in [0.5, 0.6) is 0 Å². The lowest BCUT2D eigenvalue weighted by Crippen LogP contribution is -2.14. The molecule has 0 spiro atoms. The Balaban J connectivity index is 2.07. The van der Waals surface area contributed by atoms with E-state index in [1.54, 1.807) is 34.6 Å². The molecule has 0 atom stereocenters. The summed E-state index contributed by atoms with van der Waals surface area (Å²) in [6.07, 6.45) is 0. The molecule has 0 saturated carbocycles. The molecule has 0 amide bonds. The molecule has 0 aliphatic heterocycles. The van der Waals surface area contributed by atoms with Gasteiger partial charge in [0.2, 0.25) is 0 Å². The van der Waals surface area contributed by atoms with Gasteiger partial charge in [-0.25, -0.2) is 24.0 Å². The van der Waals surface area contributed by atoms with Gasteiger partial charge in [-0.15, -0.1) is 0 Å². The minimum Gasteiger partial charge on any atom is -0.460 e. The zero-order chi connectivity index (χ0) is 50.7. The van der Waals surface area contributed by atoms with Crippen LogP contribution in [0.2, 0.25) is 0 Å². The molecule has 3 aromatic carbocycles. The van der Waals surface area contributed by atoms with E-state index in [1.165, 1.54) is 0 Å². The minimum absolute atomic E-state index is 0.0262. The summed E-state index contributed by atoms with van der Waals surface area (Å²) in [4.78, 5) is 61.7. The lowest BCUT2D eigenvalue weighted by Gasteiger charge is -2.28. The Kier molecular flexibility index (Phi) is 25.1. The van der Waals surface area contributed by atoms with Crippen molar-refractivity contribution in [2.24, 2.45) is 0 Å². The number of esters is 5. The second-order valence-electron chi connectivity index (χ2n) is 15.9. The largest absolute Gasteiger partial charge is 0.460 e. The number of carbonyl (C=O) groups excluding carboxylic acids is 5. The van der Waals surface area contributed by atoms with Crippen molar-refractivity contribution in [3.8, 4) is 0 Å². The van der Waals surface area contributed by atoms with E-state index in [0.717, 1.165) is 33.5 Å². The highest BCUT2D eigenvalue weighted by Crippen LogP contribution is 2.37. The number of hydrogen-bond acceptors (Lipinski definition) is 16. The number of carbonyl (C=O) groups is 5. The van der Waals surface area contributed by atoms with Crippen molar-refractivity contribution in [1.82, 2.24) is 0 Å². The predicted octanol–water partition coefficient (Wildman–Crippen LogP) is 8.34. The topological polar surface area (TPSA) is 181 Å². The summed E-state index contributed by atoms with van der Waals surface area (Å²) in [6.45, 7) is 27.6. The van der Waals surface area contributed by atoms with Crippen LogP contribution in [0.1, 0.15) is 62.4 Å². The van der Waals surface area contributed by atoms with Crippen molar-refractivity contribution in [3.05, 3.63) is 149 Å². The third kappa shape index (κ3) is 21.9. The van der Waals surface area contributed by atoms with Crippen molar-refractivity contribution in [2.75, 3.05) is 71.0 Å². The molecule has 16 nitrogen and oxygen atoms in total. The zero-order valence-electron chi connectivity index (χ0n) is 40.5. The maximum Gasteiger partial charge on any atom is 0.333 e. The average molecular weight is 956 g/mol. The first-order valence-electron chi connectivity index (χ1n) is 22.1. The maximum atomic E-state index is 12.0. The number of rotatable bonds is 33. The summed E-state index contributed by atoms with van der Waals surface area (Å²) in [5, 5.41) is 0. The average Bonchev–Trinajstić information content (AvgIpc) is 3.30. The second kappa shape index (κ2) is 30.6. The van der Waals surface area contributed by atoms with E-state index in [9.17, 15) is 24.0 Å². The van der Waals surface area contributed by atoms with E-state index in [1.807, 2.05) is 65.6 Å². The third-order valence-corrected chi connectivity index (χ3v) is 9.18. The quantitative estimate of drug-likeness (QED) is 0.0246. The normalized spacial score (nSPS) is 10.7. The summed E-state index contributed by atoms with van der Waals surface area (Å²) in [7, 11) is 0. The molecule has 372 valence electrons. The van der Waals surface area contributed by atoms with Gasteiger partial charge < -0.3 is 52.3 Å². The first-order valence-corrected chi connectivity index (χ1v) is 22.1. The van der Waals surface area contributed by atoms with Gasteiger partial charge in [0, 0.05) is 44.9 Å². The highest BCUT2D eigenvalue weighted by atomic mass is 16.6. The van der Waals surface area contributed by atoms with Crippen LogP contribution in [0.3, 0.4) is 0 Å². The van der Waals surface area contributed by atoms with E-state index >= 15 is 0 Å². The summed E-state index contributed by atoms with van der Waals surface area (Å²) >= 11 is 0. The molecule has 0 aliphatic rings.